The van der Waals surface area contributed by atoms with Gasteiger partial charge in [-0.25, -0.2) is 19.9 Å². The fraction of sp³-hybridized carbons (Fsp3) is 0.390. The van der Waals surface area contributed by atoms with E-state index in [0.29, 0.717) is 18.6 Å². The van der Waals surface area contributed by atoms with E-state index >= 15 is 4.79 Å². The van der Waals surface area contributed by atoms with Crippen LogP contribution in [0.15, 0.2) is 97.8 Å². The Morgan fingerprint density at radius 2 is 1.04 bits per heavy atom. The maximum atomic E-state index is 15.7. The van der Waals surface area contributed by atoms with Crippen LogP contribution < -0.4 is 9.80 Å². The van der Waals surface area contributed by atoms with Crippen LogP contribution in [0.25, 0.3) is 22.1 Å². The molecule has 4 aliphatic rings. The number of hydrogen-bond acceptors (Lipinski definition) is 9. The third kappa shape index (κ3) is 5.54. The summed E-state index contributed by atoms with van der Waals surface area (Å²) in [6.07, 6.45) is 13.0. The molecule has 0 amide bonds. The molecular formula is C41H44N10O. The van der Waals surface area contributed by atoms with Crippen LogP contribution >= 0.6 is 0 Å². The van der Waals surface area contributed by atoms with Crippen LogP contribution in [0.3, 0.4) is 0 Å². The summed E-state index contributed by atoms with van der Waals surface area (Å²) in [7, 11) is 0. The molecule has 264 valence electrons. The quantitative estimate of drug-likeness (QED) is 0.204. The lowest BCUT2D eigenvalue weighted by molar-refractivity contribution is -0.133. The number of aromatic nitrogens is 6. The van der Waals surface area contributed by atoms with Crippen LogP contribution in [0.2, 0.25) is 0 Å². The van der Waals surface area contributed by atoms with E-state index in [2.05, 4.69) is 112 Å². The minimum absolute atomic E-state index is 0.0524. The van der Waals surface area contributed by atoms with Gasteiger partial charge in [-0.05, 0) is 61.8 Å². The van der Waals surface area contributed by atoms with Crippen LogP contribution in [-0.4, -0.2) is 108 Å². The van der Waals surface area contributed by atoms with Crippen LogP contribution in [0.5, 0.6) is 0 Å². The van der Waals surface area contributed by atoms with Crippen molar-refractivity contribution < 1.29 is 4.79 Å². The van der Waals surface area contributed by atoms with Gasteiger partial charge in [0.15, 0.2) is 5.78 Å². The van der Waals surface area contributed by atoms with Gasteiger partial charge in [-0.3, -0.25) is 14.6 Å². The van der Waals surface area contributed by atoms with Crippen molar-refractivity contribution in [3.63, 3.8) is 0 Å². The monoisotopic (exact) mass is 692 g/mol. The zero-order valence-electron chi connectivity index (χ0n) is 29.4. The van der Waals surface area contributed by atoms with Crippen molar-refractivity contribution >= 4 is 39.5 Å². The number of aromatic amines is 2. The molecule has 2 atom stereocenters. The molecule has 2 spiro atoms. The predicted molar refractivity (Wildman–Crippen MR) is 202 cm³/mol. The van der Waals surface area contributed by atoms with Crippen molar-refractivity contribution in [1.29, 1.82) is 0 Å². The molecule has 2 aliphatic heterocycles. The zero-order chi connectivity index (χ0) is 34.7. The van der Waals surface area contributed by atoms with Crippen LogP contribution in [0, 0.1) is 0 Å². The average molecular weight is 693 g/mol. The molecular weight excluding hydrogens is 649 g/mol. The van der Waals surface area contributed by atoms with E-state index in [9.17, 15) is 0 Å². The van der Waals surface area contributed by atoms with Gasteiger partial charge in [-0.1, -0.05) is 60.7 Å². The largest absolute Gasteiger partial charge is 0.353 e. The van der Waals surface area contributed by atoms with Gasteiger partial charge in [0.2, 0.25) is 0 Å². The summed E-state index contributed by atoms with van der Waals surface area (Å²) in [5.41, 5.74) is 4.06. The molecule has 52 heavy (non-hydrogen) atoms. The van der Waals surface area contributed by atoms with E-state index in [1.165, 1.54) is 11.1 Å². The lowest BCUT2D eigenvalue weighted by Gasteiger charge is -2.49. The van der Waals surface area contributed by atoms with Crippen LogP contribution in [-0.2, 0) is 17.6 Å². The van der Waals surface area contributed by atoms with Crippen LogP contribution in [0.4, 0.5) is 11.6 Å². The molecule has 4 aromatic heterocycles. The Labute approximate surface area is 303 Å². The minimum Gasteiger partial charge on any atom is -0.353 e. The molecule has 2 unspecified atom stereocenters. The van der Waals surface area contributed by atoms with Gasteiger partial charge in [0.05, 0.1) is 22.9 Å². The van der Waals surface area contributed by atoms with Gasteiger partial charge in [0.25, 0.3) is 0 Å². The van der Waals surface area contributed by atoms with E-state index in [0.717, 1.165) is 98.7 Å². The minimum atomic E-state index is -0.228. The second-order valence-electron chi connectivity index (χ2n) is 15.4. The number of Topliss-reactive ketones (excluding diaryl/α,β-unsaturated/α-hetero) is 1. The molecule has 10 rings (SSSR count). The first-order chi connectivity index (χ1) is 25.6. The summed E-state index contributed by atoms with van der Waals surface area (Å²) >= 11 is 0. The Morgan fingerprint density at radius 1 is 0.596 bits per heavy atom. The Balaban J connectivity index is 0.986. The molecule has 0 bridgehead atoms. The number of nitrogens with one attached hydrogen (secondary N) is 2. The fourth-order valence-electron chi connectivity index (χ4n) is 9.34. The smallest absolute Gasteiger partial charge is 0.167 e. The highest BCUT2D eigenvalue weighted by Crippen LogP contribution is 2.49. The fourth-order valence-corrected chi connectivity index (χ4v) is 9.34. The van der Waals surface area contributed by atoms with Gasteiger partial charge in [0.1, 0.15) is 35.6 Å². The van der Waals surface area contributed by atoms with Crippen molar-refractivity contribution in [2.24, 2.45) is 0 Å². The second kappa shape index (κ2) is 12.5. The van der Waals surface area contributed by atoms with E-state index in [-0.39, 0.29) is 23.2 Å². The molecule has 4 fully saturated rings. The molecule has 11 nitrogen and oxygen atoms in total. The number of rotatable bonds is 10. The van der Waals surface area contributed by atoms with Gasteiger partial charge >= 0.3 is 0 Å². The molecule has 2 aromatic carbocycles. The topological polar surface area (TPSA) is 113 Å². The number of carbonyl (C=O) groups is 1. The number of ketones is 1. The third-order valence-corrected chi connectivity index (χ3v) is 12.3. The van der Waals surface area contributed by atoms with Gasteiger partial charge in [0, 0.05) is 62.7 Å². The lowest BCUT2D eigenvalue weighted by atomic mass is 9.88. The number of hydrogen-bond donors (Lipinski definition) is 2. The summed E-state index contributed by atoms with van der Waals surface area (Å²) < 4.78 is 0. The van der Waals surface area contributed by atoms with Crippen LogP contribution in [0.1, 0.15) is 36.8 Å². The van der Waals surface area contributed by atoms with Gasteiger partial charge in [-0.2, -0.15) is 0 Å². The molecule has 6 heterocycles. The molecule has 2 saturated heterocycles. The first-order valence-electron chi connectivity index (χ1n) is 18.8. The predicted octanol–water partition coefficient (Wildman–Crippen LogP) is 5.03. The van der Waals surface area contributed by atoms with E-state index < -0.39 is 0 Å². The highest BCUT2D eigenvalue weighted by Gasteiger charge is 2.58. The van der Waals surface area contributed by atoms with Crippen molar-refractivity contribution in [2.75, 3.05) is 49.1 Å². The highest BCUT2D eigenvalue weighted by molar-refractivity contribution is 5.91. The van der Waals surface area contributed by atoms with Crippen molar-refractivity contribution in [3.8, 4) is 0 Å². The van der Waals surface area contributed by atoms with Crippen molar-refractivity contribution in [3.05, 3.63) is 109 Å². The number of fused-ring (bicyclic) bond motifs is 2. The highest BCUT2D eigenvalue weighted by atomic mass is 16.1. The molecule has 0 radical (unpaired) electrons. The number of H-pyrrole nitrogens is 2. The van der Waals surface area contributed by atoms with E-state index in [4.69, 9.17) is 9.97 Å². The Hall–Kier alpha value is -5.13. The normalized spacial score (nSPS) is 20.8. The van der Waals surface area contributed by atoms with Crippen molar-refractivity contribution in [1.82, 2.24) is 39.7 Å². The first kappa shape index (κ1) is 31.6. The van der Waals surface area contributed by atoms with Crippen molar-refractivity contribution in [2.45, 2.75) is 61.7 Å². The van der Waals surface area contributed by atoms with Gasteiger partial charge < -0.3 is 19.8 Å². The Morgan fingerprint density at radius 3 is 1.46 bits per heavy atom. The average Bonchev–Trinajstić information content (AvgIpc) is 3.99. The number of benzene rings is 2. The maximum Gasteiger partial charge on any atom is 0.167 e. The third-order valence-electron chi connectivity index (χ3n) is 12.3. The standard InChI is InChI=1S/C41H44N10O/c52-35(33(23-29-7-3-1-4-8-29)50-21-19-48(25-40(50)13-14-40)38-31-11-17-42-36(31)44-27-46-38)34(24-30-9-5-2-6-10-30)51-22-20-49(26-41(51)15-16-41)39-32-12-18-43-37(32)45-28-47-39/h1-12,17-18,27-28,33-34H,13-16,19-26H2,(H,42,44,46)(H,43,45,47). The summed E-state index contributed by atoms with van der Waals surface area (Å²) in [5, 5.41) is 2.11. The van der Waals surface area contributed by atoms with E-state index in [1.807, 2.05) is 12.4 Å². The SMILES string of the molecule is O=C(C(Cc1ccccc1)N1CCN(c2ncnc3[nH]ccc23)CC12CC2)C(Cc1ccccc1)N1CCN(c2ncnc3[nH]ccc23)CC12CC2. The number of carbonyl (C=O) groups excluding carboxylic acids is 1. The van der Waals surface area contributed by atoms with E-state index in [1.54, 1.807) is 12.7 Å². The van der Waals surface area contributed by atoms with Gasteiger partial charge in [-0.15, -0.1) is 0 Å². The first-order valence-corrected chi connectivity index (χ1v) is 18.8. The lowest BCUT2D eigenvalue weighted by Crippen LogP contribution is -2.66. The molecule has 2 N–H and O–H groups in total. The maximum absolute atomic E-state index is 15.7. The molecule has 2 saturated carbocycles. The Kier molecular flexibility index (Phi) is 7.61. The number of piperazine rings is 2. The summed E-state index contributed by atoms with van der Waals surface area (Å²) in [5.74, 6) is 2.33. The summed E-state index contributed by atoms with van der Waals surface area (Å²) in [6, 6.07) is 25.0. The second-order valence-corrected chi connectivity index (χ2v) is 15.4. The molecule has 2 aliphatic carbocycles. The summed E-state index contributed by atoms with van der Waals surface area (Å²) in [4.78, 5) is 50.7. The molecule has 6 aromatic rings. The number of anilines is 2. The number of nitrogens with zero attached hydrogens (tertiary/aromatic N) is 8. The molecule has 11 heteroatoms. The summed E-state index contributed by atoms with van der Waals surface area (Å²) in [6.45, 7) is 4.99. The zero-order valence-corrected chi connectivity index (χ0v) is 29.4. The Bertz CT molecular complexity index is 2050.